The normalized spacial score (nSPS) is 19.7. The lowest BCUT2D eigenvalue weighted by Gasteiger charge is -2.44. The Bertz CT molecular complexity index is 1240. The van der Waals surface area contributed by atoms with Gasteiger partial charge in [-0.1, -0.05) is 18.2 Å². The molecule has 0 spiro atoms. The number of morpholine rings is 1. The molecule has 2 saturated heterocycles. The second kappa shape index (κ2) is 9.58. The third-order valence-electron chi connectivity index (χ3n) is 6.98. The van der Waals surface area contributed by atoms with Crippen molar-refractivity contribution in [3.63, 3.8) is 0 Å². The van der Waals surface area contributed by atoms with Crippen LogP contribution in [-0.4, -0.2) is 65.5 Å². The molecule has 186 valence electrons. The predicted molar refractivity (Wildman–Crippen MR) is 129 cm³/mol. The molecular formula is C25H29F3N6O. The quantitative estimate of drug-likeness (QED) is 0.573. The molecule has 10 heteroatoms. The number of nitrogens with zero attached hydrogens (tertiary/aromatic N) is 5. The zero-order valence-electron chi connectivity index (χ0n) is 20.1. The van der Waals surface area contributed by atoms with Crippen molar-refractivity contribution >= 4 is 22.4 Å². The molecule has 2 aromatic heterocycles. The number of aromatic nitrogens is 3. The Balaban J connectivity index is 1.49. The highest BCUT2D eigenvalue weighted by Gasteiger charge is 2.31. The summed E-state index contributed by atoms with van der Waals surface area (Å²) in [7, 11) is 0. The van der Waals surface area contributed by atoms with Gasteiger partial charge in [0.25, 0.3) is 6.43 Å². The summed E-state index contributed by atoms with van der Waals surface area (Å²) in [5.74, 6) is -0.470. The van der Waals surface area contributed by atoms with Crippen LogP contribution in [0, 0.1) is 19.7 Å². The third-order valence-corrected chi connectivity index (χ3v) is 6.98. The van der Waals surface area contributed by atoms with Gasteiger partial charge in [0.05, 0.1) is 53.5 Å². The van der Waals surface area contributed by atoms with E-state index in [9.17, 15) is 13.2 Å². The first-order chi connectivity index (χ1) is 16.8. The molecule has 0 radical (unpaired) electrons. The van der Waals surface area contributed by atoms with Crippen LogP contribution in [0.3, 0.4) is 0 Å². The van der Waals surface area contributed by atoms with Gasteiger partial charge in [0, 0.05) is 37.1 Å². The maximum absolute atomic E-state index is 14.8. The van der Waals surface area contributed by atoms with Crippen LogP contribution in [0.15, 0.2) is 24.3 Å². The predicted octanol–water partition coefficient (Wildman–Crippen LogP) is 4.41. The number of rotatable bonds is 5. The minimum atomic E-state index is -2.88. The van der Waals surface area contributed by atoms with Crippen molar-refractivity contribution in [2.24, 2.45) is 0 Å². The van der Waals surface area contributed by atoms with Crippen LogP contribution < -0.4 is 10.2 Å². The van der Waals surface area contributed by atoms with Gasteiger partial charge in [-0.15, -0.1) is 5.10 Å². The van der Waals surface area contributed by atoms with Gasteiger partial charge in [0.15, 0.2) is 5.82 Å². The lowest BCUT2D eigenvalue weighted by Crippen LogP contribution is -2.58. The van der Waals surface area contributed by atoms with Crippen LogP contribution >= 0.6 is 0 Å². The van der Waals surface area contributed by atoms with Crippen LogP contribution in [0.2, 0.25) is 0 Å². The van der Waals surface area contributed by atoms with E-state index in [1.807, 2.05) is 13.8 Å². The number of fused-ring (bicyclic) bond motifs is 2. The highest BCUT2D eigenvalue weighted by atomic mass is 19.3. The average Bonchev–Trinajstić information content (AvgIpc) is 2.85. The number of ether oxygens (including phenoxy) is 1. The Morgan fingerprint density at radius 1 is 1.09 bits per heavy atom. The van der Waals surface area contributed by atoms with Gasteiger partial charge in [-0.2, -0.15) is 5.10 Å². The van der Waals surface area contributed by atoms with Crippen molar-refractivity contribution in [3.8, 4) is 0 Å². The van der Waals surface area contributed by atoms with E-state index in [2.05, 4.69) is 31.4 Å². The highest BCUT2D eigenvalue weighted by Crippen LogP contribution is 2.33. The number of halogens is 3. The van der Waals surface area contributed by atoms with E-state index in [0.29, 0.717) is 29.7 Å². The Labute approximate surface area is 202 Å². The monoisotopic (exact) mass is 486 g/mol. The molecule has 1 N–H and O–H groups in total. The highest BCUT2D eigenvalue weighted by molar-refractivity contribution is 5.93. The van der Waals surface area contributed by atoms with Gasteiger partial charge >= 0.3 is 0 Å². The number of hydrogen-bond acceptors (Lipinski definition) is 7. The number of pyridine rings is 1. The van der Waals surface area contributed by atoms with E-state index in [1.54, 1.807) is 6.92 Å². The van der Waals surface area contributed by atoms with Crippen molar-refractivity contribution in [1.29, 1.82) is 0 Å². The standard InChI is InChI=1S/C25H29F3N6O/c1-14(18-5-4-6-19(22(18)26)24(27)28)30-25-20-11-21(15(2)29-23(20)16(3)31-32-25)34-8-7-33-9-10-35-13-17(33)12-34/h4-6,11,14,17,24H,7-10,12-13H2,1-3H3,(H,30,32)/t14-,17+/m1/s1. The van der Waals surface area contributed by atoms with Gasteiger partial charge in [0.2, 0.25) is 0 Å². The summed E-state index contributed by atoms with van der Waals surface area (Å²) < 4.78 is 46.9. The number of benzene rings is 1. The molecule has 1 aromatic carbocycles. The van der Waals surface area contributed by atoms with Gasteiger partial charge in [-0.25, -0.2) is 18.2 Å². The molecule has 0 saturated carbocycles. The first-order valence-corrected chi connectivity index (χ1v) is 11.9. The van der Waals surface area contributed by atoms with Gasteiger partial charge in [-0.05, 0) is 26.8 Å². The van der Waals surface area contributed by atoms with E-state index in [0.717, 1.165) is 55.6 Å². The number of alkyl halides is 2. The molecule has 2 aliphatic rings. The van der Waals surface area contributed by atoms with Gasteiger partial charge in [0.1, 0.15) is 5.82 Å². The Kier molecular flexibility index (Phi) is 6.50. The minimum Gasteiger partial charge on any atom is -0.378 e. The van der Waals surface area contributed by atoms with Crippen LogP contribution in [0.5, 0.6) is 0 Å². The van der Waals surface area contributed by atoms with Gasteiger partial charge in [-0.3, -0.25) is 4.90 Å². The Hall–Kier alpha value is -2.98. The van der Waals surface area contributed by atoms with Crippen molar-refractivity contribution in [2.75, 3.05) is 49.6 Å². The number of anilines is 2. The number of aryl methyl sites for hydroxylation is 2. The molecule has 2 aliphatic heterocycles. The summed E-state index contributed by atoms with van der Waals surface area (Å²) >= 11 is 0. The average molecular weight is 487 g/mol. The first kappa shape index (κ1) is 23.7. The largest absolute Gasteiger partial charge is 0.378 e. The van der Waals surface area contributed by atoms with Crippen LogP contribution in [-0.2, 0) is 4.74 Å². The molecule has 0 bridgehead atoms. The van der Waals surface area contributed by atoms with E-state index in [-0.39, 0.29) is 5.56 Å². The second-order valence-electron chi connectivity index (χ2n) is 9.25. The fourth-order valence-electron chi connectivity index (χ4n) is 5.02. The molecule has 35 heavy (non-hydrogen) atoms. The molecule has 2 fully saturated rings. The Morgan fingerprint density at radius 2 is 1.89 bits per heavy atom. The summed E-state index contributed by atoms with van der Waals surface area (Å²) in [6, 6.07) is 5.83. The zero-order valence-corrected chi connectivity index (χ0v) is 20.1. The third kappa shape index (κ3) is 4.52. The smallest absolute Gasteiger partial charge is 0.266 e. The lowest BCUT2D eigenvalue weighted by molar-refractivity contribution is -0.0117. The Morgan fingerprint density at radius 3 is 2.69 bits per heavy atom. The molecule has 0 aliphatic carbocycles. The molecular weight excluding hydrogens is 457 g/mol. The molecule has 7 nitrogen and oxygen atoms in total. The molecule has 4 heterocycles. The molecule has 0 amide bonds. The van der Waals surface area contributed by atoms with Crippen molar-refractivity contribution < 1.29 is 17.9 Å². The van der Waals surface area contributed by atoms with E-state index >= 15 is 0 Å². The van der Waals surface area contributed by atoms with Gasteiger partial charge < -0.3 is 15.0 Å². The van der Waals surface area contributed by atoms with Crippen molar-refractivity contribution in [1.82, 2.24) is 20.1 Å². The van der Waals surface area contributed by atoms with Crippen molar-refractivity contribution in [3.05, 3.63) is 52.6 Å². The van der Waals surface area contributed by atoms with E-state index < -0.39 is 23.8 Å². The number of piperazine rings is 1. The first-order valence-electron chi connectivity index (χ1n) is 11.9. The fourth-order valence-corrected chi connectivity index (χ4v) is 5.02. The lowest BCUT2D eigenvalue weighted by atomic mass is 10.0. The summed E-state index contributed by atoms with van der Waals surface area (Å²) in [5.41, 5.74) is 2.83. The van der Waals surface area contributed by atoms with E-state index in [4.69, 9.17) is 9.72 Å². The van der Waals surface area contributed by atoms with Crippen LogP contribution in [0.4, 0.5) is 24.7 Å². The SMILES string of the molecule is Cc1nc2c(C)nnc(N[C@H](C)c3cccc(C(F)F)c3F)c2cc1N1CCN2CCOC[C@@H]2C1. The molecule has 0 unspecified atom stereocenters. The second-order valence-corrected chi connectivity index (χ2v) is 9.25. The maximum atomic E-state index is 14.8. The van der Waals surface area contributed by atoms with Crippen LogP contribution in [0.25, 0.3) is 10.9 Å². The summed E-state index contributed by atoms with van der Waals surface area (Å²) in [6.07, 6.45) is -2.88. The van der Waals surface area contributed by atoms with Crippen LogP contribution in [0.1, 0.15) is 41.9 Å². The summed E-state index contributed by atoms with van der Waals surface area (Å²) in [5, 5.41) is 12.5. The fraction of sp³-hybridized carbons (Fsp3) is 0.480. The molecule has 5 rings (SSSR count). The minimum absolute atomic E-state index is 0.145. The van der Waals surface area contributed by atoms with Crippen molar-refractivity contribution in [2.45, 2.75) is 39.3 Å². The maximum Gasteiger partial charge on any atom is 0.266 e. The number of hydrogen-bond donors (Lipinski definition) is 1. The molecule has 3 aromatic rings. The summed E-state index contributed by atoms with van der Waals surface area (Å²) in [6.45, 7) is 10.7. The summed E-state index contributed by atoms with van der Waals surface area (Å²) in [4.78, 5) is 9.64. The zero-order chi connectivity index (χ0) is 24.7. The topological polar surface area (TPSA) is 66.4 Å². The number of nitrogens with one attached hydrogen (secondary N) is 1. The van der Waals surface area contributed by atoms with E-state index in [1.165, 1.54) is 12.1 Å². The molecule has 2 atom stereocenters.